The number of benzene rings is 2. The van der Waals surface area contributed by atoms with Gasteiger partial charge in [-0.25, -0.2) is 4.39 Å². The van der Waals surface area contributed by atoms with Crippen LogP contribution in [0.5, 0.6) is 0 Å². The van der Waals surface area contributed by atoms with Gasteiger partial charge in [0, 0.05) is 5.56 Å². The molecular formula is C17H18FNO. The van der Waals surface area contributed by atoms with Gasteiger partial charge in [0.05, 0.1) is 6.04 Å². The van der Waals surface area contributed by atoms with E-state index < -0.39 is 0 Å². The Morgan fingerprint density at radius 3 is 2.15 bits per heavy atom. The van der Waals surface area contributed by atoms with Gasteiger partial charge in [0.15, 0.2) is 0 Å². The van der Waals surface area contributed by atoms with Gasteiger partial charge in [-0.2, -0.15) is 0 Å². The zero-order valence-corrected chi connectivity index (χ0v) is 11.6. The summed E-state index contributed by atoms with van der Waals surface area (Å²) in [4.78, 5) is 12.2. The fourth-order valence-electron chi connectivity index (χ4n) is 2.12. The second-order valence-corrected chi connectivity index (χ2v) is 5.11. The first kappa shape index (κ1) is 14.3. The third-order valence-corrected chi connectivity index (χ3v) is 3.22. The second kappa shape index (κ2) is 6.33. The van der Waals surface area contributed by atoms with E-state index in [-0.39, 0.29) is 23.7 Å². The molecule has 0 spiro atoms. The molecule has 0 aromatic heterocycles. The van der Waals surface area contributed by atoms with E-state index in [1.54, 1.807) is 0 Å². The van der Waals surface area contributed by atoms with Crippen molar-refractivity contribution in [3.05, 3.63) is 71.5 Å². The van der Waals surface area contributed by atoms with Crippen LogP contribution in [0.25, 0.3) is 0 Å². The zero-order valence-electron chi connectivity index (χ0n) is 11.6. The number of amides is 1. The molecule has 2 aromatic carbocycles. The summed E-state index contributed by atoms with van der Waals surface area (Å²) < 4.78 is 12.9. The predicted octanol–water partition coefficient (Wildman–Crippen LogP) is 3.95. The van der Waals surface area contributed by atoms with Gasteiger partial charge in [0.25, 0.3) is 5.91 Å². The summed E-state index contributed by atoms with van der Waals surface area (Å²) in [7, 11) is 0. The van der Waals surface area contributed by atoms with Crippen LogP contribution in [0.15, 0.2) is 54.6 Å². The molecule has 0 aliphatic heterocycles. The highest BCUT2D eigenvalue weighted by Gasteiger charge is 2.18. The van der Waals surface area contributed by atoms with E-state index in [0.717, 1.165) is 5.56 Å². The number of halogens is 1. The predicted molar refractivity (Wildman–Crippen MR) is 77.9 cm³/mol. The fourth-order valence-corrected chi connectivity index (χ4v) is 2.12. The van der Waals surface area contributed by atoms with Crippen LogP contribution in [-0.4, -0.2) is 5.91 Å². The van der Waals surface area contributed by atoms with Crippen molar-refractivity contribution in [3.63, 3.8) is 0 Å². The van der Waals surface area contributed by atoms with Gasteiger partial charge in [-0.1, -0.05) is 44.2 Å². The highest BCUT2D eigenvalue weighted by atomic mass is 19.1. The molecule has 1 amide bonds. The minimum atomic E-state index is -0.343. The minimum Gasteiger partial charge on any atom is -0.345 e. The van der Waals surface area contributed by atoms with Gasteiger partial charge in [-0.15, -0.1) is 0 Å². The molecule has 2 rings (SSSR count). The lowest BCUT2D eigenvalue weighted by Gasteiger charge is -2.23. The molecule has 2 aromatic rings. The van der Waals surface area contributed by atoms with Gasteiger partial charge in [-0.3, -0.25) is 4.79 Å². The minimum absolute atomic E-state index is 0.0613. The molecular weight excluding hydrogens is 253 g/mol. The molecule has 0 saturated heterocycles. The largest absolute Gasteiger partial charge is 0.345 e. The Hall–Kier alpha value is -2.16. The Balaban J connectivity index is 2.17. The lowest BCUT2D eigenvalue weighted by molar-refractivity contribution is 0.0925. The van der Waals surface area contributed by atoms with Gasteiger partial charge >= 0.3 is 0 Å². The Kier molecular flexibility index (Phi) is 4.51. The number of hydrogen-bond donors (Lipinski definition) is 1. The Labute approximate surface area is 118 Å². The monoisotopic (exact) mass is 271 g/mol. The zero-order chi connectivity index (χ0) is 14.5. The van der Waals surface area contributed by atoms with Crippen LogP contribution in [0.3, 0.4) is 0 Å². The molecule has 0 aliphatic carbocycles. The summed E-state index contributed by atoms with van der Waals surface area (Å²) in [5.41, 5.74) is 1.53. The van der Waals surface area contributed by atoms with E-state index in [0.29, 0.717) is 5.56 Å². The third kappa shape index (κ3) is 3.44. The quantitative estimate of drug-likeness (QED) is 0.896. The van der Waals surface area contributed by atoms with E-state index in [4.69, 9.17) is 0 Å². The highest BCUT2D eigenvalue weighted by Crippen LogP contribution is 2.21. The molecule has 0 fully saturated rings. The van der Waals surface area contributed by atoms with Crippen molar-refractivity contribution in [2.45, 2.75) is 19.9 Å². The summed E-state index contributed by atoms with van der Waals surface area (Å²) in [6.07, 6.45) is 0. The Morgan fingerprint density at radius 1 is 1.00 bits per heavy atom. The number of rotatable bonds is 4. The molecule has 104 valence electrons. The second-order valence-electron chi connectivity index (χ2n) is 5.11. The van der Waals surface area contributed by atoms with Gasteiger partial charge in [0.1, 0.15) is 5.82 Å². The summed E-state index contributed by atoms with van der Waals surface area (Å²) in [5.74, 6) is -0.264. The van der Waals surface area contributed by atoms with Gasteiger partial charge in [-0.05, 0) is 35.7 Å². The number of nitrogens with one attached hydrogen (secondary N) is 1. The molecule has 2 nitrogen and oxygen atoms in total. The molecule has 0 bridgehead atoms. The molecule has 0 unspecified atom stereocenters. The van der Waals surface area contributed by atoms with Crippen molar-refractivity contribution in [1.29, 1.82) is 0 Å². The van der Waals surface area contributed by atoms with E-state index in [2.05, 4.69) is 19.2 Å². The van der Waals surface area contributed by atoms with Crippen molar-refractivity contribution in [3.8, 4) is 0 Å². The molecule has 0 heterocycles. The summed E-state index contributed by atoms with van der Waals surface area (Å²) >= 11 is 0. The normalized spacial score (nSPS) is 12.2. The molecule has 20 heavy (non-hydrogen) atoms. The molecule has 0 radical (unpaired) electrons. The van der Waals surface area contributed by atoms with E-state index >= 15 is 0 Å². The summed E-state index contributed by atoms with van der Waals surface area (Å²) in [6, 6.07) is 15.4. The lowest BCUT2D eigenvalue weighted by Crippen LogP contribution is -2.31. The first-order valence-electron chi connectivity index (χ1n) is 6.69. The van der Waals surface area contributed by atoms with Crippen molar-refractivity contribution >= 4 is 5.91 Å². The average Bonchev–Trinajstić information content (AvgIpc) is 2.46. The van der Waals surface area contributed by atoms with Crippen LogP contribution in [0.1, 0.15) is 35.8 Å². The first-order chi connectivity index (χ1) is 9.58. The number of carbonyl (C=O) groups excluding carboxylic acids is 1. The Morgan fingerprint density at radius 2 is 1.60 bits per heavy atom. The maximum Gasteiger partial charge on any atom is 0.251 e. The standard InChI is InChI=1S/C17H18FNO/c1-12(2)16(13-6-4-3-5-7-13)19-17(20)14-8-10-15(18)11-9-14/h3-12,16H,1-2H3,(H,19,20)/t16-/m0/s1. The highest BCUT2D eigenvalue weighted by molar-refractivity contribution is 5.94. The summed E-state index contributed by atoms with van der Waals surface area (Å²) in [5, 5.41) is 3.01. The van der Waals surface area contributed by atoms with E-state index in [1.165, 1.54) is 24.3 Å². The van der Waals surface area contributed by atoms with E-state index in [1.807, 2.05) is 30.3 Å². The van der Waals surface area contributed by atoms with Crippen LogP contribution in [0.4, 0.5) is 4.39 Å². The topological polar surface area (TPSA) is 29.1 Å². The van der Waals surface area contributed by atoms with Crippen LogP contribution in [-0.2, 0) is 0 Å². The molecule has 1 atom stereocenters. The van der Waals surface area contributed by atoms with Crippen LogP contribution in [0, 0.1) is 11.7 Å². The molecule has 0 saturated carbocycles. The molecule has 0 aliphatic rings. The average molecular weight is 271 g/mol. The van der Waals surface area contributed by atoms with Crippen molar-refractivity contribution in [2.75, 3.05) is 0 Å². The van der Waals surface area contributed by atoms with Gasteiger partial charge < -0.3 is 5.32 Å². The van der Waals surface area contributed by atoms with Crippen LogP contribution in [0.2, 0.25) is 0 Å². The van der Waals surface area contributed by atoms with Crippen molar-refractivity contribution in [2.24, 2.45) is 5.92 Å². The summed E-state index contributed by atoms with van der Waals surface area (Å²) in [6.45, 7) is 4.12. The maximum atomic E-state index is 12.9. The lowest BCUT2D eigenvalue weighted by atomic mass is 9.95. The SMILES string of the molecule is CC(C)[C@H](NC(=O)c1ccc(F)cc1)c1ccccc1. The maximum absolute atomic E-state index is 12.9. The smallest absolute Gasteiger partial charge is 0.251 e. The number of carbonyl (C=O) groups is 1. The third-order valence-electron chi connectivity index (χ3n) is 3.22. The van der Waals surface area contributed by atoms with Gasteiger partial charge in [0.2, 0.25) is 0 Å². The molecule has 3 heteroatoms. The van der Waals surface area contributed by atoms with Crippen molar-refractivity contribution in [1.82, 2.24) is 5.32 Å². The number of hydrogen-bond acceptors (Lipinski definition) is 1. The van der Waals surface area contributed by atoms with Crippen LogP contribution >= 0.6 is 0 Å². The fraction of sp³-hybridized carbons (Fsp3) is 0.235. The first-order valence-corrected chi connectivity index (χ1v) is 6.69. The molecule has 1 N–H and O–H groups in total. The van der Waals surface area contributed by atoms with E-state index in [9.17, 15) is 9.18 Å². The van der Waals surface area contributed by atoms with Crippen LogP contribution < -0.4 is 5.32 Å². The Bertz CT molecular complexity index is 563. The van der Waals surface area contributed by atoms with Crippen molar-refractivity contribution < 1.29 is 9.18 Å².